The summed E-state index contributed by atoms with van der Waals surface area (Å²) in [6.45, 7) is 1.05. The molecule has 1 fully saturated rings. The third-order valence-corrected chi connectivity index (χ3v) is 4.83. The van der Waals surface area contributed by atoms with Crippen LogP contribution in [0.3, 0.4) is 0 Å². The standard InChI is InChI=1S/C18H21N3O3/c1-21-11-19-9-15(21)17-8-12(6-7-23-17)20-18(22)14-10-24-16-5-3-2-4-13(14)16/h2-5,9,11-12,14,17H,6-8,10H2,1H3,(H,20,22). The number of carbonyl (C=O) groups is 1. The minimum absolute atomic E-state index is 0.0244. The van der Waals surface area contributed by atoms with E-state index in [9.17, 15) is 4.79 Å². The lowest BCUT2D eigenvalue weighted by atomic mass is 9.97. The predicted molar refractivity (Wildman–Crippen MR) is 87.7 cm³/mol. The maximum absolute atomic E-state index is 12.7. The Balaban J connectivity index is 1.42. The lowest BCUT2D eigenvalue weighted by molar-refractivity contribution is -0.124. The average molecular weight is 327 g/mol. The van der Waals surface area contributed by atoms with Crippen molar-refractivity contribution in [3.8, 4) is 5.75 Å². The van der Waals surface area contributed by atoms with Crippen LogP contribution in [0, 0.1) is 0 Å². The first-order valence-corrected chi connectivity index (χ1v) is 8.32. The highest BCUT2D eigenvalue weighted by Crippen LogP contribution is 2.34. The van der Waals surface area contributed by atoms with E-state index < -0.39 is 0 Å². The number of carbonyl (C=O) groups excluding carboxylic acids is 1. The number of amides is 1. The lowest BCUT2D eigenvalue weighted by Gasteiger charge is -2.30. The molecule has 6 nitrogen and oxygen atoms in total. The summed E-state index contributed by atoms with van der Waals surface area (Å²) >= 11 is 0. The number of ether oxygens (including phenoxy) is 2. The molecule has 1 amide bonds. The molecule has 24 heavy (non-hydrogen) atoms. The van der Waals surface area contributed by atoms with Crippen LogP contribution in [0.5, 0.6) is 5.75 Å². The number of fused-ring (bicyclic) bond motifs is 1. The second-order valence-corrected chi connectivity index (χ2v) is 6.42. The summed E-state index contributed by atoms with van der Waals surface area (Å²) in [7, 11) is 1.96. The quantitative estimate of drug-likeness (QED) is 0.935. The van der Waals surface area contributed by atoms with E-state index in [1.54, 1.807) is 6.33 Å². The number of aromatic nitrogens is 2. The number of benzene rings is 1. The molecule has 2 aliphatic heterocycles. The van der Waals surface area contributed by atoms with Crippen molar-refractivity contribution in [3.05, 3.63) is 48.0 Å². The molecule has 3 unspecified atom stereocenters. The summed E-state index contributed by atoms with van der Waals surface area (Å²) in [6.07, 6.45) is 5.17. The van der Waals surface area contributed by atoms with Crippen LogP contribution in [0.15, 0.2) is 36.8 Å². The van der Waals surface area contributed by atoms with Crippen molar-refractivity contribution in [3.63, 3.8) is 0 Å². The number of imidazole rings is 1. The van der Waals surface area contributed by atoms with Gasteiger partial charge in [-0.3, -0.25) is 4.79 Å². The van der Waals surface area contributed by atoms with E-state index in [-0.39, 0.29) is 24.0 Å². The van der Waals surface area contributed by atoms with Gasteiger partial charge in [-0.2, -0.15) is 0 Å². The van der Waals surface area contributed by atoms with E-state index in [0.29, 0.717) is 13.2 Å². The number of nitrogens with zero attached hydrogens (tertiary/aromatic N) is 2. The molecular weight excluding hydrogens is 306 g/mol. The molecule has 6 heteroatoms. The van der Waals surface area contributed by atoms with E-state index in [1.165, 1.54) is 0 Å². The smallest absolute Gasteiger partial charge is 0.231 e. The zero-order valence-corrected chi connectivity index (χ0v) is 13.6. The number of para-hydroxylation sites is 1. The van der Waals surface area contributed by atoms with Gasteiger partial charge in [-0.1, -0.05) is 18.2 Å². The normalized spacial score (nSPS) is 25.8. The van der Waals surface area contributed by atoms with Crippen molar-refractivity contribution >= 4 is 5.91 Å². The van der Waals surface area contributed by atoms with Crippen molar-refractivity contribution in [1.29, 1.82) is 0 Å². The molecule has 0 saturated carbocycles. The number of aryl methyl sites for hydroxylation is 1. The van der Waals surface area contributed by atoms with Crippen LogP contribution in [0.2, 0.25) is 0 Å². The molecule has 0 radical (unpaired) electrons. The van der Waals surface area contributed by atoms with Crippen LogP contribution in [-0.4, -0.2) is 34.7 Å². The summed E-state index contributed by atoms with van der Waals surface area (Å²) in [6, 6.07) is 7.86. The molecule has 2 aliphatic rings. The Morgan fingerprint density at radius 1 is 1.38 bits per heavy atom. The number of hydrogen-bond acceptors (Lipinski definition) is 4. The molecule has 0 spiro atoms. The third-order valence-electron chi connectivity index (χ3n) is 4.83. The van der Waals surface area contributed by atoms with Crippen LogP contribution in [0.25, 0.3) is 0 Å². The lowest BCUT2D eigenvalue weighted by Crippen LogP contribution is -2.42. The SMILES string of the molecule is Cn1cncc1C1CC(NC(=O)C2COc3ccccc32)CCO1. The molecule has 126 valence electrons. The van der Waals surface area contributed by atoms with Gasteiger partial charge in [-0.15, -0.1) is 0 Å². The van der Waals surface area contributed by atoms with E-state index in [1.807, 2.05) is 42.1 Å². The van der Waals surface area contributed by atoms with Gasteiger partial charge >= 0.3 is 0 Å². The van der Waals surface area contributed by atoms with Gasteiger partial charge in [0.2, 0.25) is 5.91 Å². The molecule has 1 aromatic carbocycles. The Morgan fingerprint density at radius 2 is 2.25 bits per heavy atom. The van der Waals surface area contributed by atoms with Crippen LogP contribution in [-0.2, 0) is 16.6 Å². The maximum atomic E-state index is 12.7. The molecule has 3 heterocycles. The van der Waals surface area contributed by atoms with Gasteiger partial charge in [0.05, 0.1) is 18.2 Å². The van der Waals surface area contributed by atoms with Gasteiger partial charge in [0.1, 0.15) is 24.4 Å². The molecule has 1 aromatic heterocycles. The topological polar surface area (TPSA) is 65.4 Å². The molecule has 4 rings (SSSR count). The minimum atomic E-state index is -0.223. The average Bonchev–Trinajstić information content (AvgIpc) is 3.21. The van der Waals surface area contributed by atoms with E-state index in [0.717, 1.165) is 29.8 Å². The second-order valence-electron chi connectivity index (χ2n) is 6.42. The van der Waals surface area contributed by atoms with Crippen molar-refractivity contribution in [2.45, 2.75) is 30.9 Å². The highest BCUT2D eigenvalue weighted by molar-refractivity contribution is 5.85. The Kier molecular flexibility index (Phi) is 3.98. The molecular formula is C18H21N3O3. The van der Waals surface area contributed by atoms with E-state index >= 15 is 0 Å². The van der Waals surface area contributed by atoms with Crippen LogP contribution >= 0.6 is 0 Å². The summed E-state index contributed by atoms with van der Waals surface area (Å²) in [5.41, 5.74) is 2.02. The molecule has 1 saturated heterocycles. The van der Waals surface area contributed by atoms with Gasteiger partial charge in [-0.25, -0.2) is 4.98 Å². The Morgan fingerprint density at radius 3 is 3.08 bits per heavy atom. The molecule has 3 atom stereocenters. The summed E-state index contributed by atoms with van der Waals surface area (Å²) in [5, 5.41) is 3.18. The fourth-order valence-electron chi connectivity index (χ4n) is 3.49. The fourth-order valence-corrected chi connectivity index (χ4v) is 3.49. The van der Waals surface area contributed by atoms with E-state index in [2.05, 4.69) is 10.3 Å². The van der Waals surface area contributed by atoms with Crippen molar-refractivity contribution in [2.24, 2.45) is 7.05 Å². The number of hydrogen-bond donors (Lipinski definition) is 1. The number of nitrogens with one attached hydrogen (secondary N) is 1. The van der Waals surface area contributed by atoms with Crippen LogP contribution < -0.4 is 10.1 Å². The minimum Gasteiger partial charge on any atom is -0.492 e. The van der Waals surface area contributed by atoms with E-state index in [4.69, 9.17) is 9.47 Å². The summed E-state index contributed by atoms with van der Waals surface area (Å²) in [4.78, 5) is 16.8. The van der Waals surface area contributed by atoms with Gasteiger partial charge in [0.15, 0.2) is 0 Å². The maximum Gasteiger partial charge on any atom is 0.231 e. The van der Waals surface area contributed by atoms with Gasteiger partial charge in [-0.05, 0) is 18.9 Å². The van der Waals surface area contributed by atoms with Crippen molar-refractivity contribution < 1.29 is 14.3 Å². The fraction of sp³-hybridized carbons (Fsp3) is 0.444. The Bertz CT molecular complexity index is 743. The first-order valence-electron chi connectivity index (χ1n) is 8.32. The second kappa shape index (κ2) is 6.28. The van der Waals surface area contributed by atoms with Crippen molar-refractivity contribution in [1.82, 2.24) is 14.9 Å². The summed E-state index contributed by atoms with van der Waals surface area (Å²) < 4.78 is 13.4. The Labute approximate surface area is 140 Å². The highest BCUT2D eigenvalue weighted by Gasteiger charge is 2.33. The highest BCUT2D eigenvalue weighted by atomic mass is 16.5. The molecule has 0 aliphatic carbocycles. The molecule has 2 aromatic rings. The Hall–Kier alpha value is -2.34. The first kappa shape index (κ1) is 15.2. The van der Waals surface area contributed by atoms with Gasteiger partial charge in [0, 0.05) is 25.3 Å². The zero-order valence-electron chi connectivity index (χ0n) is 13.6. The van der Waals surface area contributed by atoms with Crippen molar-refractivity contribution in [2.75, 3.05) is 13.2 Å². The predicted octanol–water partition coefficient (Wildman–Crippen LogP) is 1.93. The first-order chi connectivity index (χ1) is 11.7. The third kappa shape index (κ3) is 2.78. The largest absolute Gasteiger partial charge is 0.492 e. The molecule has 0 bridgehead atoms. The monoisotopic (exact) mass is 327 g/mol. The van der Waals surface area contributed by atoms with Gasteiger partial charge in [0.25, 0.3) is 0 Å². The number of rotatable bonds is 3. The molecule has 1 N–H and O–H groups in total. The zero-order chi connectivity index (χ0) is 16.5. The van der Waals surface area contributed by atoms with Crippen LogP contribution in [0.1, 0.15) is 36.1 Å². The summed E-state index contributed by atoms with van der Waals surface area (Å²) in [5.74, 6) is 0.632. The van der Waals surface area contributed by atoms with Gasteiger partial charge < -0.3 is 19.4 Å². The van der Waals surface area contributed by atoms with Crippen LogP contribution in [0.4, 0.5) is 0 Å².